The first kappa shape index (κ1) is 19.7. The van der Waals surface area contributed by atoms with E-state index in [0.29, 0.717) is 23.5 Å². The summed E-state index contributed by atoms with van der Waals surface area (Å²) in [6.07, 6.45) is 4.14. The number of benzene rings is 2. The Morgan fingerprint density at radius 2 is 1.94 bits per heavy atom. The van der Waals surface area contributed by atoms with Gasteiger partial charge in [0.1, 0.15) is 17.2 Å². The number of ether oxygens (including phenoxy) is 2. The molecule has 1 aliphatic heterocycles. The van der Waals surface area contributed by atoms with Crippen LogP contribution in [0.4, 0.5) is 5.69 Å². The highest BCUT2D eigenvalue weighted by Crippen LogP contribution is 2.33. The Hall–Kier alpha value is -3.23. The van der Waals surface area contributed by atoms with E-state index < -0.39 is 0 Å². The number of anilines is 1. The highest BCUT2D eigenvalue weighted by molar-refractivity contribution is 7.21. The quantitative estimate of drug-likeness (QED) is 0.436. The minimum Gasteiger partial charge on any atom is -0.497 e. The predicted molar refractivity (Wildman–Crippen MR) is 123 cm³/mol. The Labute approximate surface area is 184 Å². The first-order chi connectivity index (χ1) is 15.3. The van der Waals surface area contributed by atoms with Crippen LogP contribution in [0.3, 0.4) is 0 Å². The van der Waals surface area contributed by atoms with E-state index in [-0.39, 0.29) is 0 Å². The molecule has 31 heavy (non-hydrogen) atoms. The van der Waals surface area contributed by atoms with Crippen LogP contribution in [-0.4, -0.2) is 41.2 Å². The summed E-state index contributed by atoms with van der Waals surface area (Å²) in [6, 6.07) is 15.9. The number of aromatic nitrogens is 3. The number of nitrogens with zero attached hydrogens (tertiary/aromatic N) is 3. The predicted octanol–water partition coefficient (Wildman–Crippen LogP) is 4.72. The van der Waals surface area contributed by atoms with Gasteiger partial charge >= 0.3 is 0 Å². The molecule has 5 rings (SSSR count). The molecule has 7 nitrogen and oxygen atoms in total. The summed E-state index contributed by atoms with van der Waals surface area (Å²) >= 11 is 1.57. The lowest BCUT2D eigenvalue weighted by molar-refractivity contribution is 0.412. The van der Waals surface area contributed by atoms with Crippen LogP contribution >= 0.6 is 11.3 Å². The standard InChI is InChI=1S/C23H23N5O2S/c1-29-16-8-10-17(11-9-16)30-22-19(25-13-15-5-4-12-24-15)14-26-21(28-22)23-27-18-6-2-3-7-20(18)31-23/h2-3,6-11,14-15,24-25H,4-5,12-13H2,1H3/t15-/m0/s1. The van der Waals surface area contributed by atoms with E-state index in [4.69, 9.17) is 14.5 Å². The van der Waals surface area contributed by atoms with Gasteiger partial charge in [-0.1, -0.05) is 12.1 Å². The summed E-state index contributed by atoms with van der Waals surface area (Å²) in [5.41, 5.74) is 1.70. The number of nitrogens with one attached hydrogen (secondary N) is 2. The summed E-state index contributed by atoms with van der Waals surface area (Å²) in [6.45, 7) is 1.86. The Balaban J connectivity index is 1.45. The molecule has 0 unspecified atom stereocenters. The van der Waals surface area contributed by atoms with Gasteiger partial charge in [0, 0.05) is 12.6 Å². The van der Waals surface area contributed by atoms with Gasteiger partial charge in [0.25, 0.3) is 0 Å². The van der Waals surface area contributed by atoms with Crippen LogP contribution in [0.2, 0.25) is 0 Å². The SMILES string of the molecule is COc1ccc(Oc2nc(-c3nc4ccccc4s3)ncc2NC[C@@H]2CCCN2)cc1. The molecule has 0 amide bonds. The molecule has 0 spiro atoms. The Bertz CT molecular complexity index is 1140. The van der Waals surface area contributed by atoms with Gasteiger partial charge in [-0.2, -0.15) is 4.98 Å². The van der Waals surface area contributed by atoms with Gasteiger partial charge < -0.3 is 20.1 Å². The zero-order valence-electron chi connectivity index (χ0n) is 17.2. The monoisotopic (exact) mass is 433 g/mol. The molecule has 1 aliphatic rings. The minimum atomic E-state index is 0.442. The van der Waals surface area contributed by atoms with E-state index in [1.807, 2.05) is 42.5 Å². The summed E-state index contributed by atoms with van der Waals surface area (Å²) in [5, 5.41) is 7.71. The maximum atomic E-state index is 6.15. The van der Waals surface area contributed by atoms with Crippen molar-refractivity contribution in [2.45, 2.75) is 18.9 Å². The lowest BCUT2D eigenvalue weighted by atomic mass is 10.2. The third-order valence-corrected chi connectivity index (χ3v) is 6.25. The zero-order chi connectivity index (χ0) is 21.0. The molecule has 8 heteroatoms. The molecule has 0 bridgehead atoms. The minimum absolute atomic E-state index is 0.442. The number of hydrogen-bond acceptors (Lipinski definition) is 8. The third-order valence-electron chi connectivity index (χ3n) is 5.21. The van der Waals surface area contributed by atoms with Crippen molar-refractivity contribution in [3.05, 3.63) is 54.7 Å². The van der Waals surface area contributed by atoms with Crippen LogP contribution in [0.5, 0.6) is 17.4 Å². The molecule has 0 radical (unpaired) electrons. The fourth-order valence-electron chi connectivity index (χ4n) is 3.56. The molecule has 1 atom stereocenters. The second-order valence-corrected chi connectivity index (χ2v) is 8.38. The lowest BCUT2D eigenvalue weighted by Gasteiger charge is -2.15. The molecule has 1 fully saturated rings. The molecule has 4 aromatic rings. The van der Waals surface area contributed by atoms with E-state index in [1.165, 1.54) is 6.42 Å². The Morgan fingerprint density at radius 3 is 2.71 bits per heavy atom. The van der Waals surface area contributed by atoms with E-state index in [2.05, 4.69) is 26.7 Å². The topological polar surface area (TPSA) is 81.2 Å². The number of hydrogen-bond donors (Lipinski definition) is 2. The second-order valence-electron chi connectivity index (χ2n) is 7.35. The van der Waals surface area contributed by atoms with E-state index in [9.17, 15) is 0 Å². The number of thiazole rings is 1. The lowest BCUT2D eigenvalue weighted by Crippen LogP contribution is -2.29. The molecule has 0 saturated carbocycles. The molecule has 2 aromatic heterocycles. The van der Waals surface area contributed by atoms with Crippen LogP contribution in [0.1, 0.15) is 12.8 Å². The first-order valence-corrected chi connectivity index (χ1v) is 11.1. The van der Waals surface area contributed by atoms with Crippen molar-refractivity contribution in [1.29, 1.82) is 0 Å². The number of fused-ring (bicyclic) bond motifs is 1. The van der Waals surface area contributed by atoms with Crippen molar-refractivity contribution < 1.29 is 9.47 Å². The number of methoxy groups -OCH3 is 1. The van der Waals surface area contributed by atoms with Gasteiger partial charge in [-0.05, 0) is 55.8 Å². The summed E-state index contributed by atoms with van der Waals surface area (Å²) in [4.78, 5) is 14.0. The zero-order valence-corrected chi connectivity index (χ0v) is 18.0. The van der Waals surface area contributed by atoms with Gasteiger partial charge in [0.15, 0.2) is 10.8 Å². The number of rotatable bonds is 7. The van der Waals surface area contributed by atoms with Crippen LogP contribution in [-0.2, 0) is 0 Å². The maximum absolute atomic E-state index is 6.15. The maximum Gasteiger partial charge on any atom is 0.246 e. The van der Waals surface area contributed by atoms with Crippen molar-refractivity contribution in [2.75, 3.05) is 25.5 Å². The molecule has 2 aromatic carbocycles. The summed E-state index contributed by atoms with van der Waals surface area (Å²) in [7, 11) is 1.64. The largest absolute Gasteiger partial charge is 0.497 e. The van der Waals surface area contributed by atoms with Crippen LogP contribution in [0.25, 0.3) is 21.0 Å². The van der Waals surface area contributed by atoms with E-state index in [0.717, 1.165) is 46.2 Å². The van der Waals surface area contributed by atoms with Crippen LogP contribution < -0.4 is 20.1 Å². The number of para-hydroxylation sites is 1. The molecule has 158 valence electrons. The van der Waals surface area contributed by atoms with Crippen molar-refractivity contribution in [3.63, 3.8) is 0 Å². The van der Waals surface area contributed by atoms with Crippen LogP contribution in [0, 0.1) is 0 Å². The fraction of sp³-hybridized carbons (Fsp3) is 0.261. The van der Waals surface area contributed by atoms with Gasteiger partial charge in [0.2, 0.25) is 5.88 Å². The van der Waals surface area contributed by atoms with Gasteiger partial charge in [-0.15, -0.1) is 11.3 Å². The highest BCUT2D eigenvalue weighted by atomic mass is 32.1. The fourth-order valence-corrected chi connectivity index (χ4v) is 4.46. The Kier molecular flexibility index (Phi) is 5.64. The third kappa shape index (κ3) is 4.45. The van der Waals surface area contributed by atoms with Crippen LogP contribution in [0.15, 0.2) is 54.7 Å². The van der Waals surface area contributed by atoms with E-state index in [1.54, 1.807) is 24.6 Å². The van der Waals surface area contributed by atoms with Gasteiger partial charge in [0.05, 0.1) is 23.5 Å². The van der Waals surface area contributed by atoms with Gasteiger partial charge in [-0.3, -0.25) is 0 Å². The summed E-state index contributed by atoms with van der Waals surface area (Å²) in [5.74, 6) is 2.48. The molecule has 2 N–H and O–H groups in total. The second kappa shape index (κ2) is 8.87. The van der Waals surface area contributed by atoms with Crippen molar-refractivity contribution in [1.82, 2.24) is 20.3 Å². The molecular weight excluding hydrogens is 410 g/mol. The summed E-state index contributed by atoms with van der Waals surface area (Å²) < 4.78 is 12.5. The van der Waals surface area contributed by atoms with Crippen molar-refractivity contribution in [2.24, 2.45) is 0 Å². The average Bonchev–Trinajstić information content (AvgIpc) is 3.48. The first-order valence-electron chi connectivity index (χ1n) is 10.3. The van der Waals surface area contributed by atoms with Crippen molar-refractivity contribution in [3.8, 4) is 28.2 Å². The molecule has 1 saturated heterocycles. The highest BCUT2D eigenvalue weighted by Gasteiger charge is 2.17. The van der Waals surface area contributed by atoms with Gasteiger partial charge in [-0.25, -0.2) is 9.97 Å². The molecular formula is C23H23N5O2S. The van der Waals surface area contributed by atoms with E-state index >= 15 is 0 Å². The average molecular weight is 434 g/mol. The molecule has 3 heterocycles. The molecule has 0 aliphatic carbocycles. The normalized spacial score (nSPS) is 15.8. The smallest absolute Gasteiger partial charge is 0.246 e. The van der Waals surface area contributed by atoms with Crippen molar-refractivity contribution >= 4 is 27.2 Å². The Morgan fingerprint density at radius 1 is 1.10 bits per heavy atom.